The van der Waals surface area contributed by atoms with Crippen LogP contribution in [0.25, 0.3) is 0 Å². The second-order valence-corrected chi connectivity index (χ2v) is 7.84. The van der Waals surface area contributed by atoms with Crippen LogP contribution in [0.2, 0.25) is 0 Å². The van der Waals surface area contributed by atoms with Crippen molar-refractivity contribution < 1.29 is 4.74 Å². The van der Waals surface area contributed by atoms with Crippen LogP contribution < -0.4 is 5.32 Å². The number of halogens is 1. The summed E-state index contributed by atoms with van der Waals surface area (Å²) in [5.41, 5.74) is 2.81. The number of nitrogens with one attached hydrogen (secondary N) is 1. The van der Waals surface area contributed by atoms with E-state index in [0.717, 1.165) is 45.2 Å². The Kier molecular flexibility index (Phi) is 10.1. The fourth-order valence-electron chi connectivity index (χ4n) is 3.30. The van der Waals surface area contributed by atoms with Gasteiger partial charge in [0.1, 0.15) is 0 Å². The van der Waals surface area contributed by atoms with Gasteiger partial charge in [-0.15, -0.1) is 24.0 Å². The predicted octanol–water partition coefficient (Wildman–Crippen LogP) is 3.77. The molecular formula is C20H38IN5O. The van der Waals surface area contributed by atoms with E-state index in [0.29, 0.717) is 11.3 Å². The maximum atomic E-state index is 5.54. The summed E-state index contributed by atoms with van der Waals surface area (Å²) in [6.45, 7) is 12.8. The SMILES string of the molecule is CCNC(=NCC1(CCOCC)CC1)N(C)Cc1cn(C)nc1C(C)C.I. The molecule has 0 bridgehead atoms. The van der Waals surface area contributed by atoms with E-state index < -0.39 is 0 Å². The minimum atomic E-state index is 0. The molecule has 1 aliphatic carbocycles. The molecule has 156 valence electrons. The molecule has 1 heterocycles. The highest BCUT2D eigenvalue weighted by atomic mass is 127. The van der Waals surface area contributed by atoms with Crippen molar-refractivity contribution in [1.82, 2.24) is 20.0 Å². The lowest BCUT2D eigenvalue weighted by molar-refractivity contribution is 0.129. The quantitative estimate of drug-likeness (QED) is 0.234. The minimum absolute atomic E-state index is 0. The van der Waals surface area contributed by atoms with Crippen molar-refractivity contribution in [1.29, 1.82) is 0 Å². The van der Waals surface area contributed by atoms with Crippen LogP contribution >= 0.6 is 24.0 Å². The van der Waals surface area contributed by atoms with Gasteiger partial charge in [0.15, 0.2) is 5.96 Å². The maximum Gasteiger partial charge on any atom is 0.193 e. The van der Waals surface area contributed by atoms with Crippen LogP contribution in [0.4, 0.5) is 0 Å². The number of aliphatic imine (C=N–C) groups is 1. The van der Waals surface area contributed by atoms with E-state index in [-0.39, 0.29) is 24.0 Å². The maximum absolute atomic E-state index is 5.54. The zero-order chi connectivity index (χ0) is 19.2. The Labute approximate surface area is 182 Å². The fraction of sp³-hybridized carbons (Fsp3) is 0.800. The second kappa shape index (κ2) is 11.2. The normalized spacial score (nSPS) is 15.6. The lowest BCUT2D eigenvalue weighted by atomic mass is 10.0. The lowest BCUT2D eigenvalue weighted by Crippen LogP contribution is -2.39. The monoisotopic (exact) mass is 491 g/mol. The summed E-state index contributed by atoms with van der Waals surface area (Å²) in [4.78, 5) is 7.17. The van der Waals surface area contributed by atoms with E-state index in [1.165, 1.54) is 24.1 Å². The van der Waals surface area contributed by atoms with Gasteiger partial charge in [-0.1, -0.05) is 13.8 Å². The van der Waals surface area contributed by atoms with Gasteiger partial charge < -0.3 is 15.0 Å². The molecule has 27 heavy (non-hydrogen) atoms. The van der Waals surface area contributed by atoms with Crippen molar-refractivity contribution in [2.24, 2.45) is 17.5 Å². The van der Waals surface area contributed by atoms with Crippen molar-refractivity contribution in [3.05, 3.63) is 17.5 Å². The molecule has 1 saturated carbocycles. The highest BCUT2D eigenvalue weighted by molar-refractivity contribution is 14.0. The average Bonchev–Trinajstić information content (AvgIpc) is 3.26. The number of aryl methyl sites for hydroxylation is 1. The van der Waals surface area contributed by atoms with Crippen LogP contribution in [-0.2, 0) is 18.3 Å². The minimum Gasteiger partial charge on any atom is -0.382 e. The first-order chi connectivity index (χ1) is 12.4. The van der Waals surface area contributed by atoms with Crippen molar-refractivity contribution in [2.75, 3.05) is 33.4 Å². The van der Waals surface area contributed by atoms with E-state index in [2.05, 4.69) is 56.3 Å². The van der Waals surface area contributed by atoms with Crippen LogP contribution in [0.3, 0.4) is 0 Å². The second-order valence-electron chi connectivity index (χ2n) is 7.84. The van der Waals surface area contributed by atoms with Crippen molar-refractivity contribution >= 4 is 29.9 Å². The van der Waals surface area contributed by atoms with Crippen molar-refractivity contribution in [3.8, 4) is 0 Å². The molecule has 1 N–H and O–H groups in total. The highest BCUT2D eigenvalue weighted by Crippen LogP contribution is 2.49. The molecule has 0 aliphatic heterocycles. The molecule has 1 aromatic rings. The topological polar surface area (TPSA) is 54.7 Å². The molecule has 0 spiro atoms. The molecule has 0 amide bonds. The average molecular weight is 491 g/mol. The summed E-state index contributed by atoms with van der Waals surface area (Å²) >= 11 is 0. The Morgan fingerprint density at radius 1 is 1.41 bits per heavy atom. The summed E-state index contributed by atoms with van der Waals surface area (Å²) in [5.74, 6) is 1.40. The Hall–Kier alpha value is -0.830. The molecular weight excluding hydrogens is 453 g/mol. The molecule has 1 fully saturated rings. The van der Waals surface area contributed by atoms with Crippen molar-refractivity contribution in [3.63, 3.8) is 0 Å². The third-order valence-corrected chi connectivity index (χ3v) is 5.09. The zero-order valence-electron chi connectivity index (χ0n) is 17.9. The predicted molar refractivity (Wildman–Crippen MR) is 123 cm³/mol. The Balaban J connectivity index is 0.00000364. The van der Waals surface area contributed by atoms with E-state index in [9.17, 15) is 0 Å². The number of hydrogen-bond donors (Lipinski definition) is 1. The summed E-state index contributed by atoms with van der Waals surface area (Å²) in [7, 11) is 4.10. The van der Waals surface area contributed by atoms with Crippen LogP contribution in [0.1, 0.15) is 64.1 Å². The Morgan fingerprint density at radius 2 is 2.11 bits per heavy atom. The van der Waals surface area contributed by atoms with E-state index >= 15 is 0 Å². The fourth-order valence-corrected chi connectivity index (χ4v) is 3.30. The van der Waals surface area contributed by atoms with Crippen LogP contribution in [0, 0.1) is 5.41 Å². The van der Waals surface area contributed by atoms with Crippen LogP contribution in [0.5, 0.6) is 0 Å². The first kappa shape index (κ1) is 24.2. The van der Waals surface area contributed by atoms with Gasteiger partial charge in [0.25, 0.3) is 0 Å². The van der Waals surface area contributed by atoms with Gasteiger partial charge in [0.05, 0.1) is 5.69 Å². The largest absolute Gasteiger partial charge is 0.382 e. The van der Waals surface area contributed by atoms with Gasteiger partial charge in [-0.2, -0.15) is 5.10 Å². The number of aromatic nitrogens is 2. The third-order valence-electron chi connectivity index (χ3n) is 5.09. The van der Waals surface area contributed by atoms with Gasteiger partial charge >= 0.3 is 0 Å². The molecule has 0 radical (unpaired) electrons. The van der Waals surface area contributed by atoms with E-state index in [1.54, 1.807) is 0 Å². The summed E-state index contributed by atoms with van der Waals surface area (Å²) in [6, 6.07) is 0. The number of rotatable bonds is 10. The van der Waals surface area contributed by atoms with E-state index in [1.807, 2.05) is 11.7 Å². The molecule has 0 saturated heterocycles. The number of hydrogen-bond acceptors (Lipinski definition) is 3. The molecule has 0 atom stereocenters. The van der Waals surface area contributed by atoms with Gasteiger partial charge in [-0.05, 0) is 44.4 Å². The van der Waals surface area contributed by atoms with Crippen LogP contribution in [0.15, 0.2) is 11.2 Å². The molecule has 7 heteroatoms. The Bertz CT molecular complexity index is 595. The first-order valence-corrected chi connectivity index (χ1v) is 10.0. The first-order valence-electron chi connectivity index (χ1n) is 10.0. The number of nitrogens with zero attached hydrogens (tertiary/aromatic N) is 4. The van der Waals surface area contributed by atoms with Gasteiger partial charge in [0, 0.05) is 58.7 Å². The molecule has 1 aliphatic rings. The van der Waals surface area contributed by atoms with Gasteiger partial charge in [-0.3, -0.25) is 9.67 Å². The number of guanidine groups is 1. The molecule has 1 aromatic heterocycles. The highest BCUT2D eigenvalue weighted by Gasteiger charge is 2.42. The van der Waals surface area contributed by atoms with Gasteiger partial charge in [-0.25, -0.2) is 0 Å². The standard InChI is InChI=1S/C20H37N5O.HI/c1-7-21-19(22-15-20(9-10-20)11-12-26-8-2)24(5)13-17-14-25(6)23-18(17)16(3)4;/h14,16H,7-13,15H2,1-6H3,(H,21,22);1H. The summed E-state index contributed by atoms with van der Waals surface area (Å²) in [5, 5.41) is 8.06. The lowest BCUT2D eigenvalue weighted by Gasteiger charge is -2.23. The van der Waals surface area contributed by atoms with Gasteiger partial charge in [0.2, 0.25) is 0 Å². The molecule has 0 aromatic carbocycles. The molecule has 6 nitrogen and oxygen atoms in total. The van der Waals surface area contributed by atoms with Crippen molar-refractivity contribution in [2.45, 2.75) is 59.4 Å². The Morgan fingerprint density at radius 3 is 2.67 bits per heavy atom. The van der Waals surface area contributed by atoms with Crippen LogP contribution in [-0.4, -0.2) is 54.0 Å². The van der Waals surface area contributed by atoms with E-state index in [4.69, 9.17) is 9.73 Å². The smallest absolute Gasteiger partial charge is 0.193 e. The third kappa shape index (κ3) is 7.25. The summed E-state index contributed by atoms with van der Waals surface area (Å²) < 4.78 is 7.46. The number of ether oxygens (including phenoxy) is 1. The zero-order valence-corrected chi connectivity index (χ0v) is 20.2. The summed E-state index contributed by atoms with van der Waals surface area (Å²) in [6.07, 6.45) is 5.78. The molecule has 2 rings (SSSR count). The molecule has 0 unspecified atom stereocenters.